The van der Waals surface area contributed by atoms with Gasteiger partial charge in [0.1, 0.15) is 5.69 Å². The average molecular weight is 195 g/mol. The van der Waals surface area contributed by atoms with Crippen LogP contribution in [-0.2, 0) is 6.54 Å². The van der Waals surface area contributed by atoms with Gasteiger partial charge in [-0.05, 0) is 6.92 Å². The maximum absolute atomic E-state index is 5.42. The summed E-state index contributed by atoms with van der Waals surface area (Å²) in [7, 11) is 0. The number of hydrogen-bond acceptors (Lipinski definition) is 2. The smallest absolute Gasteiger partial charge is 0.223 e. The van der Waals surface area contributed by atoms with Gasteiger partial charge in [0.05, 0.1) is 12.4 Å². The zero-order valence-electron chi connectivity index (χ0n) is 7.88. The van der Waals surface area contributed by atoms with Gasteiger partial charge in [0.15, 0.2) is 5.96 Å². The number of aryl methyl sites for hydroxylation is 1. The number of aliphatic imine (C=N–C) groups is 2. The van der Waals surface area contributed by atoms with E-state index in [0.717, 1.165) is 6.54 Å². The second-order valence-corrected chi connectivity index (χ2v) is 2.56. The summed E-state index contributed by atoms with van der Waals surface area (Å²) in [4.78, 5) is 7.50. The largest absolute Gasteiger partial charge is 0.370 e. The fraction of sp³-hybridized carbons (Fsp3) is 0.286. The van der Waals surface area contributed by atoms with Gasteiger partial charge in [0.2, 0.25) is 5.96 Å². The fourth-order valence-corrected chi connectivity index (χ4v) is 0.873. The Balaban J connectivity index is 2.81. The molecule has 1 heterocycles. The van der Waals surface area contributed by atoms with E-state index in [4.69, 9.17) is 17.2 Å². The van der Waals surface area contributed by atoms with Gasteiger partial charge >= 0.3 is 0 Å². The number of hydrogen-bond donors (Lipinski definition) is 3. The van der Waals surface area contributed by atoms with Gasteiger partial charge in [0, 0.05) is 6.54 Å². The van der Waals surface area contributed by atoms with Crippen LogP contribution in [0.25, 0.3) is 0 Å². The lowest BCUT2D eigenvalue weighted by atomic mass is 10.6. The molecule has 0 aliphatic carbocycles. The molecule has 0 amide bonds. The Labute approximate surface area is 81.3 Å². The molecule has 0 bridgehead atoms. The first-order valence-corrected chi connectivity index (χ1v) is 4.08. The Morgan fingerprint density at radius 2 is 2.21 bits per heavy atom. The second kappa shape index (κ2) is 4.26. The monoisotopic (exact) mass is 195 g/mol. The molecule has 1 rings (SSSR count). The van der Waals surface area contributed by atoms with E-state index in [1.165, 1.54) is 0 Å². The van der Waals surface area contributed by atoms with E-state index in [2.05, 4.69) is 15.1 Å². The van der Waals surface area contributed by atoms with Gasteiger partial charge in [-0.1, -0.05) is 0 Å². The predicted molar refractivity (Wildman–Crippen MR) is 55.0 cm³/mol. The molecule has 1 aromatic heterocycles. The summed E-state index contributed by atoms with van der Waals surface area (Å²) in [6.07, 6.45) is 3.33. The van der Waals surface area contributed by atoms with Crippen LogP contribution in [0.15, 0.2) is 22.4 Å². The lowest BCUT2D eigenvalue weighted by Gasteiger charge is -1.92. The third-order valence-electron chi connectivity index (χ3n) is 1.43. The molecule has 76 valence electrons. The van der Waals surface area contributed by atoms with Crippen molar-refractivity contribution >= 4 is 17.6 Å². The van der Waals surface area contributed by atoms with Crippen LogP contribution >= 0.6 is 0 Å². The van der Waals surface area contributed by atoms with E-state index in [9.17, 15) is 0 Å². The van der Waals surface area contributed by atoms with Crippen LogP contribution in [-0.4, -0.2) is 21.7 Å². The summed E-state index contributed by atoms with van der Waals surface area (Å²) in [5.74, 6) is -0.102. The Bertz CT molecular complexity index is 358. The first kappa shape index (κ1) is 10.0. The highest BCUT2D eigenvalue weighted by Gasteiger charge is 1.95. The topological polar surface area (TPSA) is 121 Å². The second-order valence-electron chi connectivity index (χ2n) is 2.56. The lowest BCUT2D eigenvalue weighted by Crippen LogP contribution is -2.26. The summed E-state index contributed by atoms with van der Waals surface area (Å²) in [6, 6.07) is 0. The molecule has 14 heavy (non-hydrogen) atoms. The van der Waals surface area contributed by atoms with Crippen LogP contribution in [0, 0.1) is 0 Å². The Kier molecular flexibility index (Phi) is 3.05. The highest BCUT2D eigenvalue weighted by molar-refractivity contribution is 5.93. The summed E-state index contributed by atoms with van der Waals surface area (Å²) < 4.78 is 1.72. The molecule has 0 unspecified atom stereocenters. The fourth-order valence-electron chi connectivity index (χ4n) is 0.873. The Morgan fingerprint density at radius 3 is 2.71 bits per heavy atom. The van der Waals surface area contributed by atoms with Crippen LogP contribution in [0.1, 0.15) is 6.92 Å². The molecule has 0 spiro atoms. The summed E-state index contributed by atoms with van der Waals surface area (Å²) in [5.41, 5.74) is 16.3. The van der Waals surface area contributed by atoms with Crippen LogP contribution in [0.4, 0.5) is 5.69 Å². The van der Waals surface area contributed by atoms with Crippen LogP contribution < -0.4 is 17.2 Å². The molecular formula is C7H13N7. The molecule has 0 aromatic carbocycles. The Hall–Kier alpha value is -2.05. The summed E-state index contributed by atoms with van der Waals surface area (Å²) >= 11 is 0. The van der Waals surface area contributed by atoms with Crippen molar-refractivity contribution < 1.29 is 0 Å². The van der Waals surface area contributed by atoms with Crippen LogP contribution in [0.2, 0.25) is 0 Å². The van der Waals surface area contributed by atoms with Crippen LogP contribution in [0.3, 0.4) is 0 Å². The minimum Gasteiger partial charge on any atom is -0.370 e. The van der Waals surface area contributed by atoms with Crippen molar-refractivity contribution in [2.45, 2.75) is 13.5 Å². The Morgan fingerprint density at radius 1 is 1.50 bits per heavy atom. The van der Waals surface area contributed by atoms with E-state index >= 15 is 0 Å². The van der Waals surface area contributed by atoms with Crippen molar-refractivity contribution in [2.75, 3.05) is 0 Å². The average Bonchev–Trinajstić information content (AvgIpc) is 2.50. The van der Waals surface area contributed by atoms with Crippen molar-refractivity contribution in [2.24, 2.45) is 27.2 Å². The van der Waals surface area contributed by atoms with Gasteiger partial charge in [-0.25, -0.2) is 4.99 Å². The molecule has 0 fully saturated rings. The highest BCUT2D eigenvalue weighted by atomic mass is 15.3. The minimum atomic E-state index is -0.117. The molecule has 0 saturated carbocycles. The molecule has 0 aliphatic heterocycles. The minimum absolute atomic E-state index is 0.0145. The molecule has 0 saturated heterocycles. The van der Waals surface area contributed by atoms with E-state index < -0.39 is 0 Å². The van der Waals surface area contributed by atoms with E-state index in [-0.39, 0.29) is 11.9 Å². The first-order valence-electron chi connectivity index (χ1n) is 4.08. The standard InChI is InChI=1S/C7H13N7/c1-2-14-4-5(3-11-14)12-7(10)13-6(8)9/h3-4H,2H2,1H3,(H6,8,9,10,12,13). The van der Waals surface area contributed by atoms with Gasteiger partial charge < -0.3 is 17.2 Å². The number of nitrogens with zero attached hydrogens (tertiary/aromatic N) is 4. The molecule has 7 nitrogen and oxygen atoms in total. The third kappa shape index (κ3) is 2.77. The van der Waals surface area contributed by atoms with Crippen molar-refractivity contribution in [1.82, 2.24) is 9.78 Å². The van der Waals surface area contributed by atoms with Gasteiger partial charge in [-0.3, -0.25) is 4.68 Å². The molecule has 1 aromatic rings. The first-order chi connectivity index (χ1) is 6.61. The molecule has 6 N–H and O–H groups in total. The zero-order valence-corrected chi connectivity index (χ0v) is 7.88. The van der Waals surface area contributed by atoms with E-state index in [1.807, 2.05) is 6.92 Å². The van der Waals surface area contributed by atoms with E-state index in [0.29, 0.717) is 5.69 Å². The summed E-state index contributed by atoms with van der Waals surface area (Å²) in [5, 5.41) is 4.01. The van der Waals surface area contributed by atoms with Crippen molar-refractivity contribution in [3.8, 4) is 0 Å². The SMILES string of the molecule is CCn1cc(N=C(N)N=C(N)N)cn1. The van der Waals surface area contributed by atoms with Gasteiger partial charge in [-0.2, -0.15) is 10.1 Å². The van der Waals surface area contributed by atoms with Gasteiger partial charge in [-0.15, -0.1) is 0 Å². The van der Waals surface area contributed by atoms with E-state index in [1.54, 1.807) is 17.1 Å². The third-order valence-corrected chi connectivity index (χ3v) is 1.43. The molecule has 0 radical (unpaired) electrons. The van der Waals surface area contributed by atoms with Crippen molar-refractivity contribution in [3.63, 3.8) is 0 Å². The lowest BCUT2D eigenvalue weighted by molar-refractivity contribution is 0.660. The number of aromatic nitrogens is 2. The van der Waals surface area contributed by atoms with Gasteiger partial charge in [0.25, 0.3) is 0 Å². The zero-order chi connectivity index (χ0) is 10.6. The normalized spacial score (nSPS) is 11.4. The van der Waals surface area contributed by atoms with Crippen LogP contribution in [0.5, 0.6) is 0 Å². The molecule has 7 heteroatoms. The maximum Gasteiger partial charge on any atom is 0.223 e. The highest BCUT2D eigenvalue weighted by Crippen LogP contribution is 2.08. The predicted octanol–water partition coefficient (Wildman–Crippen LogP) is -0.877. The quantitative estimate of drug-likeness (QED) is 0.419. The summed E-state index contributed by atoms with van der Waals surface area (Å²) in [6.45, 7) is 2.75. The number of nitrogens with two attached hydrogens (primary N) is 3. The van der Waals surface area contributed by atoms with Crippen molar-refractivity contribution in [1.29, 1.82) is 0 Å². The molecule has 0 atom stereocenters. The maximum atomic E-state index is 5.42. The number of guanidine groups is 2. The number of rotatable bonds is 2. The molecule has 0 aliphatic rings. The molecular weight excluding hydrogens is 182 g/mol. The van der Waals surface area contributed by atoms with Crippen molar-refractivity contribution in [3.05, 3.63) is 12.4 Å².